The Morgan fingerprint density at radius 3 is 1.38 bits per heavy atom. The van der Waals surface area contributed by atoms with E-state index in [9.17, 15) is 19.2 Å². The van der Waals surface area contributed by atoms with E-state index in [0.29, 0.717) is 0 Å². The molecule has 2 heterocycles. The molecule has 0 N–H and O–H groups in total. The number of pyridine rings is 2. The third-order valence-corrected chi connectivity index (χ3v) is 5.23. The second-order valence-corrected chi connectivity index (χ2v) is 7.27. The topological polar surface area (TPSA) is 113 Å². The Balaban J connectivity index is 1.55. The first-order chi connectivity index (χ1) is 16.5. The van der Waals surface area contributed by atoms with E-state index in [1.54, 1.807) is 0 Å². The van der Waals surface area contributed by atoms with Crippen LogP contribution < -0.4 is 9.47 Å². The van der Waals surface area contributed by atoms with E-state index in [-0.39, 0.29) is 44.9 Å². The molecular weight excluding hydrogens is 436 g/mol. The smallest absolute Gasteiger partial charge is 0.343 e. The molecule has 34 heavy (non-hydrogen) atoms. The van der Waals surface area contributed by atoms with Gasteiger partial charge < -0.3 is 9.47 Å². The van der Waals surface area contributed by atoms with Gasteiger partial charge >= 0.3 is 11.9 Å². The molecule has 1 aliphatic carbocycles. The Labute approximate surface area is 192 Å². The molecule has 0 unspecified atom stereocenters. The van der Waals surface area contributed by atoms with Crippen molar-refractivity contribution in [3.63, 3.8) is 0 Å². The molecule has 8 nitrogen and oxygen atoms in total. The Morgan fingerprint density at radius 2 is 0.971 bits per heavy atom. The maximum atomic E-state index is 13.6. The molecular formula is C26H14N2O6. The Bertz CT molecular complexity index is 1360. The van der Waals surface area contributed by atoms with Crippen LogP contribution in [0.4, 0.5) is 0 Å². The molecule has 1 aliphatic rings. The van der Waals surface area contributed by atoms with Gasteiger partial charge in [-0.2, -0.15) is 0 Å². The molecule has 164 valence electrons. The summed E-state index contributed by atoms with van der Waals surface area (Å²) in [5, 5.41) is 0. The van der Waals surface area contributed by atoms with Crippen molar-refractivity contribution in [1.82, 2.24) is 9.97 Å². The van der Waals surface area contributed by atoms with Crippen LogP contribution in [-0.4, -0.2) is 33.5 Å². The van der Waals surface area contributed by atoms with E-state index < -0.39 is 23.5 Å². The van der Waals surface area contributed by atoms with Gasteiger partial charge in [0.15, 0.2) is 5.78 Å². The number of nitrogens with zero attached hydrogens (tertiary/aromatic N) is 2. The highest BCUT2D eigenvalue weighted by atomic mass is 16.5. The number of ketones is 2. The van der Waals surface area contributed by atoms with Crippen molar-refractivity contribution < 1.29 is 28.7 Å². The molecule has 0 radical (unpaired) electrons. The zero-order valence-corrected chi connectivity index (χ0v) is 17.4. The van der Waals surface area contributed by atoms with Crippen LogP contribution in [0.5, 0.6) is 11.5 Å². The van der Waals surface area contributed by atoms with Gasteiger partial charge in [-0.1, -0.05) is 24.3 Å². The number of carbonyl (C=O) groups excluding carboxylic acids is 4. The Kier molecular flexibility index (Phi) is 5.23. The molecule has 4 aromatic rings. The summed E-state index contributed by atoms with van der Waals surface area (Å²) in [6.07, 6.45) is 5.74. The summed E-state index contributed by atoms with van der Waals surface area (Å²) >= 11 is 0. The fourth-order valence-electron chi connectivity index (χ4n) is 3.64. The average Bonchev–Trinajstić information content (AvgIpc) is 2.88. The SMILES string of the molecule is O=C(Oc1cccc2c1C(=O)c1c(OC(=O)c3ccncc3)cccc1C2=O)c1ccncc1. The summed E-state index contributed by atoms with van der Waals surface area (Å²) in [7, 11) is 0. The second-order valence-electron chi connectivity index (χ2n) is 7.27. The molecule has 0 saturated carbocycles. The van der Waals surface area contributed by atoms with Gasteiger partial charge in [0.2, 0.25) is 5.78 Å². The molecule has 0 bridgehead atoms. The second kappa shape index (κ2) is 8.51. The molecule has 8 heteroatoms. The molecule has 0 atom stereocenters. The number of benzene rings is 2. The highest BCUT2D eigenvalue weighted by molar-refractivity contribution is 6.30. The highest BCUT2D eigenvalue weighted by Crippen LogP contribution is 2.37. The van der Waals surface area contributed by atoms with Crippen LogP contribution in [0.15, 0.2) is 85.5 Å². The standard InChI is InChI=1S/C26H14N2O6/c29-23-17-3-1-5-19(33-25(31)15-7-11-27-12-8-15)21(17)24(30)22-18(23)4-2-6-20(22)34-26(32)16-9-13-28-14-10-16/h1-14H. The fraction of sp³-hybridized carbons (Fsp3) is 0. The maximum absolute atomic E-state index is 13.6. The van der Waals surface area contributed by atoms with Gasteiger partial charge in [0.05, 0.1) is 22.3 Å². The van der Waals surface area contributed by atoms with Gasteiger partial charge in [0.1, 0.15) is 11.5 Å². The highest BCUT2D eigenvalue weighted by Gasteiger charge is 2.35. The van der Waals surface area contributed by atoms with Crippen LogP contribution in [0.2, 0.25) is 0 Å². The quantitative estimate of drug-likeness (QED) is 0.301. The van der Waals surface area contributed by atoms with Crippen LogP contribution in [0.1, 0.15) is 52.6 Å². The molecule has 0 saturated heterocycles. The van der Waals surface area contributed by atoms with E-state index in [1.807, 2.05) is 0 Å². The first-order valence-electron chi connectivity index (χ1n) is 10.1. The van der Waals surface area contributed by atoms with E-state index in [4.69, 9.17) is 9.47 Å². The molecule has 2 aromatic heterocycles. The van der Waals surface area contributed by atoms with Crippen molar-refractivity contribution in [2.24, 2.45) is 0 Å². The van der Waals surface area contributed by atoms with Crippen LogP contribution in [-0.2, 0) is 0 Å². The van der Waals surface area contributed by atoms with Gasteiger partial charge in [-0.05, 0) is 36.4 Å². The van der Waals surface area contributed by atoms with Crippen molar-refractivity contribution >= 4 is 23.5 Å². The lowest BCUT2D eigenvalue weighted by Gasteiger charge is -2.21. The number of aromatic nitrogens is 2. The molecule has 0 fully saturated rings. The lowest BCUT2D eigenvalue weighted by atomic mass is 9.83. The number of ether oxygens (including phenoxy) is 2. The average molecular weight is 450 g/mol. The molecule has 2 aromatic carbocycles. The number of esters is 2. The minimum absolute atomic E-state index is 0.0708. The molecule has 5 rings (SSSR count). The summed E-state index contributed by atoms with van der Waals surface area (Å²) in [4.78, 5) is 59.7. The molecule has 0 aliphatic heterocycles. The van der Waals surface area contributed by atoms with Crippen LogP contribution in [0.3, 0.4) is 0 Å². The van der Waals surface area contributed by atoms with Gasteiger partial charge in [-0.15, -0.1) is 0 Å². The lowest BCUT2D eigenvalue weighted by molar-refractivity contribution is 0.0725. The summed E-state index contributed by atoms with van der Waals surface area (Å²) in [6.45, 7) is 0. The van der Waals surface area contributed by atoms with E-state index in [1.165, 1.54) is 85.5 Å². The summed E-state index contributed by atoms with van der Waals surface area (Å²) in [5.41, 5.74) is 0.499. The number of fused-ring (bicyclic) bond motifs is 2. The van der Waals surface area contributed by atoms with Crippen LogP contribution >= 0.6 is 0 Å². The summed E-state index contributed by atoms with van der Waals surface area (Å²) in [5.74, 6) is -2.61. The fourth-order valence-corrected chi connectivity index (χ4v) is 3.64. The van der Waals surface area contributed by atoms with Gasteiger partial charge in [0, 0.05) is 35.9 Å². The lowest BCUT2D eigenvalue weighted by Crippen LogP contribution is -2.24. The van der Waals surface area contributed by atoms with Gasteiger partial charge in [-0.3, -0.25) is 19.6 Å². The maximum Gasteiger partial charge on any atom is 0.343 e. The number of rotatable bonds is 4. The van der Waals surface area contributed by atoms with E-state index >= 15 is 0 Å². The third kappa shape index (κ3) is 3.63. The van der Waals surface area contributed by atoms with Crippen molar-refractivity contribution in [3.8, 4) is 11.5 Å². The predicted octanol–water partition coefficient (Wildman–Crippen LogP) is 3.69. The van der Waals surface area contributed by atoms with E-state index in [0.717, 1.165) is 0 Å². The zero-order valence-electron chi connectivity index (χ0n) is 17.4. The molecule has 0 spiro atoms. The number of hydrogen-bond acceptors (Lipinski definition) is 8. The van der Waals surface area contributed by atoms with Crippen LogP contribution in [0, 0.1) is 0 Å². The number of hydrogen-bond donors (Lipinski definition) is 0. The first-order valence-corrected chi connectivity index (χ1v) is 10.1. The summed E-state index contributed by atoms with van der Waals surface area (Å²) < 4.78 is 10.9. The Hall–Kier alpha value is -4.98. The predicted molar refractivity (Wildman–Crippen MR) is 118 cm³/mol. The van der Waals surface area contributed by atoms with E-state index in [2.05, 4.69) is 9.97 Å². The van der Waals surface area contributed by atoms with Crippen LogP contribution in [0.25, 0.3) is 0 Å². The monoisotopic (exact) mass is 450 g/mol. The number of carbonyl (C=O) groups is 4. The summed E-state index contributed by atoms with van der Waals surface area (Å²) in [6, 6.07) is 14.8. The van der Waals surface area contributed by atoms with Crippen molar-refractivity contribution in [3.05, 3.63) is 119 Å². The van der Waals surface area contributed by atoms with Gasteiger partial charge in [0.25, 0.3) is 0 Å². The van der Waals surface area contributed by atoms with Crippen molar-refractivity contribution in [2.45, 2.75) is 0 Å². The third-order valence-electron chi connectivity index (χ3n) is 5.23. The minimum atomic E-state index is -0.709. The van der Waals surface area contributed by atoms with Crippen molar-refractivity contribution in [1.29, 1.82) is 0 Å². The Morgan fingerprint density at radius 1 is 0.559 bits per heavy atom. The van der Waals surface area contributed by atoms with Crippen molar-refractivity contribution in [2.75, 3.05) is 0 Å². The first kappa shape index (κ1) is 20.9. The van der Waals surface area contributed by atoms with Gasteiger partial charge in [-0.25, -0.2) is 9.59 Å². The molecule has 0 amide bonds. The minimum Gasteiger partial charge on any atom is -0.422 e. The zero-order chi connectivity index (χ0) is 23.7. The normalized spacial score (nSPS) is 11.9. The largest absolute Gasteiger partial charge is 0.422 e.